The molecule has 2 N–H and O–H groups in total. The molecule has 0 radical (unpaired) electrons. The number of fused-ring (bicyclic) bond motifs is 2. The zero-order chi connectivity index (χ0) is 19.7. The second-order valence-electron chi connectivity index (χ2n) is 7.05. The Hall–Kier alpha value is -2.87. The van der Waals surface area contributed by atoms with E-state index in [9.17, 15) is 18.0 Å². The van der Waals surface area contributed by atoms with E-state index in [0.717, 1.165) is 24.1 Å². The summed E-state index contributed by atoms with van der Waals surface area (Å²) in [5.41, 5.74) is 3.00. The molecule has 2 aliphatic rings. The van der Waals surface area contributed by atoms with E-state index in [1.165, 1.54) is 4.90 Å². The molecular weight excluding hydrogens is 378 g/mol. The summed E-state index contributed by atoms with van der Waals surface area (Å²) in [4.78, 5) is 26.3. The van der Waals surface area contributed by atoms with Gasteiger partial charge in [-0.2, -0.15) is 0 Å². The van der Waals surface area contributed by atoms with Crippen LogP contribution >= 0.6 is 0 Å². The van der Waals surface area contributed by atoms with Crippen molar-refractivity contribution in [1.82, 2.24) is 4.90 Å². The van der Waals surface area contributed by atoms with Gasteiger partial charge in [0, 0.05) is 30.9 Å². The van der Waals surface area contributed by atoms with Crippen molar-refractivity contribution in [2.24, 2.45) is 0 Å². The van der Waals surface area contributed by atoms with Gasteiger partial charge in [-0.3, -0.25) is 4.79 Å². The lowest BCUT2D eigenvalue weighted by atomic mass is 10.1. The molecule has 2 aromatic rings. The van der Waals surface area contributed by atoms with Crippen molar-refractivity contribution in [3.63, 3.8) is 0 Å². The van der Waals surface area contributed by atoms with Crippen molar-refractivity contribution in [3.8, 4) is 0 Å². The molecule has 0 saturated heterocycles. The highest BCUT2D eigenvalue weighted by atomic mass is 32.2. The number of benzene rings is 2. The summed E-state index contributed by atoms with van der Waals surface area (Å²) in [6, 6.07) is 11.8. The van der Waals surface area contributed by atoms with Crippen molar-refractivity contribution in [3.05, 3.63) is 53.6 Å². The van der Waals surface area contributed by atoms with Gasteiger partial charge in [0.05, 0.1) is 10.6 Å². The fourth-order valence-corrected chi connectivity index (χ4v) is 5.09. The molecule has 2 aliphatic heterocycles. The monoisotopic (exact) mass is 399 g/mol. The van der Waals surface area contributed by atoms with Crippen LogP contribution in [-0.2, 0) is 27.6 Å². The molecule has 3 amide bonds. The number of anilines is 2. The molecule has 28 heavy (non-hydrogen) atoms. The van der Waals surface area contributed by atoms with Crippen LogP contribution in [0.25, 0.3) is 0 Å². The smallest absolute Gasteiger partial charge is 0.322 e. The normalized spacial score (nSPS) is 18.1. The standard InChI is InChI=1S/C20H21N3O4S/c24-19-7-3-5-14-12-16(8-9-17(14)22-19)21-20(25)23-10-11-28(26,27)18-6-2-1-4-15(18)13-23/h1-2,4,6,8-9,12H,3,5,7,10-11,13H2,(H,21,25)(H,22,24). The minimum Gasteiger partial charge on any atom is -0.326 e. The molecule has 0 saturated carbocycles. The van der Waals surface area contributed by atoms with Crippen LogP contribution in [0.5, 0.6) is 0 Å². The SMILES string of the molecule is O=C1CCCc2cc(NC(=O)N3CCS(=O)(=O)c4ccccc4C3)ccc2N1. The lowest BCUT2D eigenvalue weighted by Crippen LogP contribution is -2.36. The molecule has 0 atom stereocenters. The minimum absolute atomic E-state index is 0.0000214. The van der Waals surface area contributed by atoms with E-state index < -0.39 is 9.84 Å². The van der Waals surface area contributed by atoms with E-state index in [4.69, 9.17) is 0 Å². The molecule has 0 aliphatic carbocycles. The van der Waals surface area contributed by atoms with Gasteiger partial charge in [-0.05, 0) is 48.2 Å². The molecule has 0 aromatic heterocycles. The quantitative estimate of drug-likeness (QED) is 0.771. The minimum atomic E-state index is -3.40. The molecule has 0 spiro atoms. The number of rotatable bonds is 1. The molecule has 0 fully saturated rings. The van der Waals surface area contributed by atoms with Crippen LogP contribution in [0.3, 0.4) is 0 Å². The molecule has 2 heterocycles. The Balaban J connectivity index is 1.53. The molecule has 4 rings (SSSR count). The average molecular weight is 399 g/mol. The van der Waals surface area contributed by atoms with E-state index >= 15 is 0 Å². The molecule has 146 valence electrons. The summed E-state index contributed by atoms with van der Waals surface area (Å²) in [6.07, 6.45) is 2.00. The van der Waals surface area contributed by atoms with Gasteiger partial charge in [0.15, 0.2) is 9.84 Å². The van der Waals surface area contributed by atoms with E-state index in [2.05, 4.69) is 10.6 Å². The summed E-state index contributed by atoms with van der Waals surface area (Å²) in [7, 11) is -3.40. The summed E-state index contributed by atoms with van der Waals surface area (Å²) >= 11 is 0. The zero-order valence-electron chi connectivity index (χ0n) is 15.3. The first-order chi connectivity index (χ1) is 13.4. The Kier molecular flexibility index (Phi) is 4.80. The predicted octanol–water partition coefficient (Wildman–Crippen LogP) is 2.78. The zero-order valence-corrected chi connectivity index (χ0v) is 16.1. The molecule has 8 heteroatoms. The maximum absolute atomic E-state index is 12.8. The van der Waals surface area contributed by atoms with Crippen LogP contribution in [-0.4, -0.2) is 37.6 Å². The fraction of sp³-hybridized carbons (Fsp3) is 0.300. The lowest BCUT2D eigenvalue weighted by molar-refractivity contribution is -0.116. The van der Waals surface area contributed by atoms with Crippen LogP contribution in [0.2, 0.25) is 0 Å². The summed E-state index contributed by atoms with van der Waals surface area (Å²) in [5, 5.41) is 5.72. The second kappa shape index (κ2) is 7.27. The van der Waals surface area contributed by atoms with Crippen LogP contribution < -0.4 is 10.6 Å². The first-order valence-electron chi connectivity index (χ1n) is 9.22. The maximum Gasteiger partial charge on any atom is 0.322 e. The number of amides is 3. The van der Waals surface area contributed by atoms with Crippen molar-refractivity contribution in [2.75, 3.05) is 22.9 Å². The van der Waals surface area contributed by atoms with E-state index in [-0.39, 0.29) is 30.8 Å². The van der Waals surface area contributed by atoms with E-state index in [1.807, 2.05) is 6.07 Å². The van der Waals surface area contributed by atoms with Gasteiger partial charge in [0.25, 0.3) is 0 Å². The molecular formula is C20H21N3O4S. The number of hydrogen-bond donors (Lipinski definition) is 2. The topological polar surface area (TPSA) is 95.6 Å². The third kappa shape index (κ3) is 3.73. The number of sulfone groups is 1. The van der Waals surface area contributed by atoms with E-state index in [1.54, 1.807) is 36.4 Å². The van der Waals surface area contributed by atoms with E-state index in [0.29, 0.717) is 22.6 Å². The Morgan fingerprint density at radius 3 is 2.75 bits per heavy atom. The fourth-order valence-electron chi connectivity index (χ4n) is 3.59. The first kappa shape index (κ1) is 18.5. The van der Waals surface area contributed by atoms with Gasteiger partial charge in [0.2, 0.25) is 5.91 Å². The molecule has 2 aromatic carbocycles. The first-order valence-corrected chi connectivity index (χ1v) is 10.9. The van der Waals surface area contributed by atoms with Gasteiger partial charge in [-0.25, -0.2) is 13.2 Å². The van der Waals surface area contributed by atoms with Crippen molar-refractivity contribution in [1.29, 1.82) is 0 Å². The largest absolute Gasteiger partial charge is 0.326 e. The third-order valence-corrected chi connectivity index (χ3v) is 6.86. The second-order valence-corrected chi connectivity index (χ2v) is 9.13. The van der Waals surface area contributed by atoms with Crippen molar-refractivity contribution in [2.45, 2.75) is 30.7 Å². The van der Waals surface area contributed by atoms with Crippen LogP contribution in [0.15, 0.2) is 47.4 Å². The highest BCUT2D eigenvalue weighted by Crippen LogP contribution is 2.26. The van der Waals surface area contributed by atoms with Crippen molar-refractivity contribution >= 4 is 33.2 Å². The number of carbonyl (C=O) groups is 2. The number of nitrogens with zero attached hydrogens (tertiary/aromatic N) is 1. The summed E-state index contributed by atoms with van der Waals surface area (Å²) in [6.45, 7) is 0.367. The average Bonchev–Trinajstić information content (AvgIpc) is 2.93. The Morgan fingerprint density at radius 1 is 1.07 bits per heavy atom. The van der Waals surface area contributed by atoms with Gasteiger partial charge < -0.3 is 15.5 Å². The van der Waals surface area contributed by atoms with Crippen LogP contribution in [0.1, 0.15) is 24.0 Å². The number of urea groups is 1. The molecule has 0 unspecified atom stereocenters. The Labute approximate surface area is 163 Å². The lowest BCUT2D eigenvalue weighted by Gasteiger charge is -2.21. The number of aryl methyl sites for hydroxylation is 1. The Bertz CT molecular complexity index is 1050. The number of hydrogen-bond acceptors (Lipinski definition) is 4. The highest BCUT2D eigenvalue weighted by Gasteiger charge is 2.27. The van der Waals surface area contributed by atoms with Crippen molar-refractivity contribution < 1.29 is 18.0 Å². The number of carbonyl (C=O) groups excluding carboxylic acids is 2. The summed E-state index contributed by atoms with van der Waals surface area (Å²) in [5.74, 6) is -0.104. The Morgan fingerprint density at radius 2 is 1.89 bits per heavy atom. The highest BCUT2D eigenvalue weighted by molar-refractivity contribution is 7.91. The van der Waals surface area contributed by atoms with Crippen LogP contribution in [0, 0.1) is 0 Å². The van der Waals surface area contributed by atoms with Gasteiger partial charge >= 0.3 is 6.03 Å². The van der Waals surface area contributed by atoms with Gasteiger partial charge in [-0.15, -0.1) is 0 Å². The number of nitrogens with one attached hydrogen (secondary N) is 2. The molecule has 0 bridgehead atoms. The third-order valence-electron chi connectivity index (χ3n) is 5.07. The predicted molar refractivity (Wildman–Crippen MR) is 106 cm³/mol. The summed E-state index contributed by atoms with van der Waals surface area (Å²) < 4.78 is 24.9. The van der Waals surface area contributed by atoms with Crippen LogP contribution in [0.4, 0.5) is 16.2 Å². The maximum atomic E-state index is 12.8. The van der Waals surface area contributed by atoms with Gasteiger partial charge in [0.1, 0.15) is 0 Å². The molecule has 7 nitrogen and oxygen atoms in total. The van der Waals surface area contributed by atoms with Gasteiger partial charge in [-0.1, -0.05) is 18.2 Å².